The minimum Gasteiger partial charge on any atom is -0.342 e. The van der Waals surface area contributed by atoms with Gasteiger partial charge in [0.05, 0.1) is 5.92 Å². The molecule has 2 saturated heterocycles. The Balaban J connectivity index is 1.48. The van der Waals surface area contributed by atoms with Crippen molar-refractivity contribution in [2.45, 2.75) is 39.0 Å². The van der Waals surface area contributed by atoms with Crippen molar-refractivity contribution in [2.75, 3.05) is 31.5 Å². The van der Waals surface area contributed by atoms with Gasteiger partial charge in [-0.15, -0.1) is 0 Å². The maximum absolute atomic E-state index is 12.5. The van der Waals surface area contributed by atoms with Gasteiger partial charge in [0.2, 0.25) is 11.8 Å². The van der Waals surface area contributed by atoms with Crippen LogP contribution >= 0.6 is 0 Å². The Bertz CT molecular complexity index is 596. The molecule has 2 fully saturated rings. The largest absolute Gasteiger partial charge is 0.342 e. The van der Waals surface area contributed by atoms with Crippen LogP contribution in [0.3, 0.4) is 0 Å². The molecule has 2 aliphatic heterocycles. The Morgan fingerprint density at radius 3 is 2.96 bits per heavy atom. The van der Waals surface area contributed by atoms with E-state index in [0.29, 0.717) is 24.7 Å². The second kappa shape index (κ2) is 8.43. The number of nitrogens with zero attached hydrogens (tertiary/aromatic N) is 2. The molecule has 2 unspecified atom stereocenters. The van der Waals surface area contributed by atoms with Crippen LogP contribution in [0.4, 0.5) is 5.82 Å². The van der Waals surface area contributed by atoms with Gasteiger partial charge in [0.25, 0.3) is 0 Å². The topological polar surface area (TPSA) is 74.3 Å². The summed E-state index contributed by atoms with van der Waals surface area (Å²) in [6, 6.07) is 3.74. The van der Waals surface area contributed by atoms with Crippen LogP contribution in [0.2, 0.25) is 0 Å². The highest BCUT2D eigenvalue weighted by atomic mass is 16.2. The van der Waals surface area contributed by atoms with Crippen molar-refractivity contribution < 1.29 is 9.59 Å². The first-order valence-corrected chi connectivity index (χ1v) is 9.34. The summed E-state index contributed by atoms with van der Waals surface area (Å²) < 4.78 is 0. The Kier molecular flexibility index (Phi) is 6.02. The molecule has 0 aromatic carbocycles. The highest BCUT2D eigenvalue weighted by Crippen LogP contribution is 2.21. The predicted molar refractivity (Wildman–Crippen MR) is 97.1 cm³/mol. The zero-order valence-electron chi connectivity index (χ0n) is 15.0. The molecular weight excluding hydrogens is 316 g/mol. The van der Waals surface area contributed by atoms with E-state index in [1.165, 1.54) is 6.42 Å². The fraction of sp³-hybridized carbons (Fsp3) is 0.632. The molecule has 0 radical (unpaired) electrons. The molecule has 6 heteroatoms. The molecule has 0 saturated carbocycles. The number of anilines is 1. The van der Waals surface area contributed by atoms with E-state index in [-0.39, 0.29) is 17.7 Å². The number of nitrogens with one attached hydrogen (secondary N) is 2. The fourth-order valence-corrected chi connectivity index (χ4v) is 3.63. The molecule has 136 valence electrons. The standard InChI is InChI=1S/C19H28N4O2/c1-14-4-6-17(21-11-14)22-19(25)16-3-2-10-23(13-16)18(24)7-5-15-8-9-20-12-15/h4,6,11,15-16,20H,2-3,5,7-10,12-13H2,1H3,(H,21,22,25). The van der Waals surface area contributed by atoms with Crippen LogP contribution in [-0.2, 0) is 9.59 Å². The van der Waals surface area contributed by atoms with Gasteiger partial charge in [-0.1, -0.05) is 6.07 Å². The zero-order valence-corrected chi connectivity index (χ0v) is 15.0. The monoisotopic (exact) mass is 344 g/mol. The van der Waals surface area contributed by atoms with Gasteiger partial charge in [-0.05, 0) is 63.2 Å². The molecule has 0 aliphatic carbocycles. The van der Waals surface area contributed by atoms with Crippen LogP contribution in [0, 0.1) is 18.8 Å². The number of hydrogen-bond donors (Lipinski definition) is 2. The molecule has 2 aliphatic rings. The van der Waals surface area contributed by atoms with Gasteiger partial charge in [0.1, 0.15) is 5.82 Å². The Morgan fingerprint density at radius 1 is 1.36 bits per heavy atom. The average Bonchev–Trinajstić information content (AvgIpc) is 3.15. The minimum absolute atomic E-state index is 0.0335. The summed E-state index contributed by atoms with van der Waals surface area (Å²) in [5, 5.41) is 6.22. The summed E-state index contributed by atoms with van der Waals surface area (Å²) in [4.78, 5) is 31.1. The first-order chi connectivity index (χ1) is 12.1. The molecule has 6 nitrogen and oxygen atoms in total. The molecule has 3 heterocycles. The van der Waals surface area contributed by atoms with Gasteiger partial charge in [0, 0.05) is 25.7 Å². The molecular formula is C19H28N4O2. The number of amides is 2. The lowest BCUT2D eigenvalue weighted by Crippen LogP contribution is -2.43. The van der Waals surface area contributed by atoms with E-state index < -0.39 is 0 Å². The molecule has 3 rings (SSSR count). The summed E-state index contributed by atoms with van der Waals surface area (Å²) in [5.74, 6) is 1.22. The van der Waals surface area contributed by atoms with Gasteiger partial charge in [-0.25, -0.2) is 4.98 Å². The van der Waals surface area contributed by atoms with Crippen LogP contribution in [0.5, 0.6) is 0 Å². The van der Waals surface area contributed by atoms with Gasteiger partial charge in [-0.2, -0.15) is 0 Å². The molecule has 2 atom stereocenters. The number of piperidine rings is 1. The second-order valence-corrected chi connectivity index (χ2v) is 7.29. The third-order valence-electron chi connectivity index (χ3n) is 5.24. The van der Waals surface area contributed by atoms with Crippen molar-refractivity contribution >= 4 is 17.6 Å². The van der Waals surface area contributed by atoms with Gasteiger partial charge >= 0.3 is 0 Å². The normalized spacial score (nSPS) is 23.5. The average molecular weight is 344 g/mol. The lowest BCUT2D eigenvalue weighted by Gasteiger charge is -2.32. The van der Waals surface area contributed by atoms with Crippen LogP contribution in [0.25, 0.3) is 0 Å². The van der Waals surface area contributed by atoms with Gasteiger partial charge < -0.3 is 15.5 Å². The van der Waals surface area contributed by atoms with Crippen molar-refractivity contribution in [1.82, 2.24) is 15.2 Å². The number of hydrogen-bond acceptors (Lipinski definition) is 4. The third-order valence-corrected chi connectivity index (χ3v) is 5.24. The SMILES string of the molecule is Cc1ccc(NC(=O)C2CCCN(C(=O)CCC3CCNC3)C2)nc1. The van der Waals surface area contributed by atoms with Crippen molar-refractivity contribution in [3.8, 4) is 0 Å². The smallest absolute Gasteiger partial charge is 0.230 e. The lowest BCUT2D eigenvalue weighted by atomic mass is 9.96. The van der Waals surface area contributed by atoms with Crippen LogP contribution in [0.1, 0.15) is 37.7 Å². The molecule has 25 heavy (non-hydrogen) atoms. The fourth-order valence-electron chi connectivity index (χ4n) is 3.63. The van der Waals surface area contributed by atoms with Crippen LogP contribution in [0.15, 0.2) is 18.3 Å². The highest BCUT2D eigenvalue weighted by molar-refractivity contribution is 5.92. The molecule has 1 aromatic heterocycles. The number of likely N-dealkylation sites (tertiary alicyclic amines) is 1. The molecule has 0 spiro atoms. The van der Waals surface area contributed by atoms with E-state index >= 15 is 0 Å². The summed E-state index contributed by atoms with van der Waals surface area (Å²) >= 11 is 0. The quantitative estimate of drug-likeness (QED) is 0.856. The number of carbonyl (C=O) groups excluding carboxylic acids is 2. The van der Waals surface area contributed by atoms with Crippen molar-refractivity contribution in [2.24, 2.45) is 11.8 Å². The number of rotatable bonds is 5. The summed E-state index contributed by atoms with van der Waals surface area (Å²) in [7, 11) is 0. The van der Waals surface area contributed by atoms with E-state index in [1.807, 2.05) is 24.0 Å². The Hall–Kier alpha value is -1.95. The molecule has 2 N–H and O–H groups in total. The zero-order chi connectivity index (χ0) is 17.6. The predicted octanol–water partition coefficient (Wildman–Crippen LogP) is 1.96. The Labute approximate surface area is 149 Å². The first kappa shape index (κ1) is 17.9. The van der Waals surface area contributed by atoms with Crippen LogP contribution < -0.4 is 10.6 Å². The van der Waals surface area contributed by atoms with E-state index in [1.54, 1.807) is 6.20 Å². The number of pyridine rings is 1. The molecule has 0 bridgehead atoms. The van der Waals surface area contributed by atoms with E-state index in [4.69, 9.17) is 0 Å². The summed E-state index contributed by atoms with van der Waals surface area (Å²) in [6.45, 7) is 5.36. The summed E-state index contributed by atoms with van der Waals surface area (Å²) in [6.07, 6.45) is 6.17. The summed E-state index contributed by atoms with van der Waals surface area (Å²) in [5.41, 5.74) is 1.06. The highest BCUT2D eigenvalue weighted by Gasteiger charge is 2.29. The lowest BCUT2D eigenvalue weighted by molar-refractivity contribution is -0.134. The van der Waals surface area contributed by atoms with E-state index in [9.17, 15) is 9.59 Å². The minimum atomic E-state index is -0.144. The van der Waals surface area contributed by atoms with Gasteiger partial charge in [0.15, 0.2) is 0 Å². The van der Waals surface area contributed by atoms with Gasteiger partial charge in [-0.3, -0.25) is 9.59 Å². The third kappa shape index (κ3) is 5.01. The maximum Gasteiger partial charge on any atom is 0.230 e. The molecule has 2 amide bonds. The second-order valence-electron chi connectivity index (χ2n) is 7.29. The molecule has 1 aromatic rings. The van der Waals surface area contributed by atoms with Crippen LogP contribution in [-0.4, -0.2) is 47.9 Å². The number of carbonyl (C=O) groups is 2. The first-order valence-electron chi connectivity index (χ1n) is 9.34. The number of aromatic nitrogens is 1. The van der Waals surface area contributed by atoms with Crippen molar-refractivity contribution in [3.63, 3.8) is 0 Å². The van der Waals surface area contributed by atoms with E-state index in [0.717, 1.165) is 44.5 Å². The van der Waals surface area contributed by atoms with E-state index in [2.05, 4.69) is 15.6 Å². The maximum atomic E-state index is 12.5. The van der Waals surface area contributed by atoms with Crippen molar-refractivity contribution in [3.05, 3.63) is 23.9 Å². The Morgan fingerprint density at radius 2 is 2.24 bits per heavy atom. The van der Waals surface area contributed by atoms with Crippen molar-refractivity contribution in [1.29, 1.82) is 0 Å². The number of aryl methyl sites for hydroxylation is 1.